The van der Waals surface area contributed by atoms with Crippen molar-refractivity contribution in [3.8, 4) is 0 Å². The van der Waals surface area contributed by atoms with Gasteiger partial charge in [0.1, 0.15) is 5.52 Å². The van der Waals surface area contributed by atoms with Crippen LogP contribution in [0.25, 0.3) is 11.2 Å². The van der Waals surface area contributed by atoms with Crippen molar-refractivity contribution in [2.24, 2.45) is 17.1 Å². The van der Waals surface area contributed by atoms with Gasteiger partial charge in [0, 0.05) is 18.5 Å². The number of rotatable bonds is 8. The summed E-state index contributed by atoms with van der Waals surface area (Å²) in [5.74, 6) is -1.12. The maximum absolute atomic E-state index is 11.6. The summed E-state index contributed by atoms with van der Waals surface area (Å²) in [5, 5.41) is 2.81. The maximum Gasteiger partial charge on any atom is 0.469 e. The Morgan fingerprint density at radius 2 is 2.03 bits per heavy atom. The van der Waals surface area contributed by atoms with Crippen LogP contribution in [0.4, 0.5) is 5.82 Å². The number of nitrogens with two attached hydrogens (primary N) is 1. The Hall–Kier alpha value is -1.96. The van der Waals surface area contributed by atoms with Gasteiger partial charge in [0.15, 0.2) is 11.5 Å². The van der Waals surface area contributed by atoms with E-state index in [1.807, 2.05) is 0 Å². The Bertz CT molecular complexity index is 1140. The van der Waals surface area contributed by atoms with Crippen LogP contribution in [0.15, 0.2) is 6.33 Å². The van der Waals surface area contributed by atoms with Crippen molar-refractivity contribution < 1.29 is 42.5 Å². The summed E-state index contributed by atoms with van der Waals surface area (Å²) in [6.45, 7) is -0.445. The second-order valence-corrected chi connectivity index (χ2v) is 9.96. The first-order valence-corrected chi connectivity index (χ1v) is 12.1. The Kier molecular flexibility index (Phi) is 5.23. The second-order valence-electron chi connectivity index (χ2n) is 7.53. The van der Waals surface area contributed by atoms with E-state index in [1.54, 1.807) is 11.6 Å². The lowest BCUT2D eigenvalue weighted by molar-refractivity contribution is 0.0498. The Labute approximate surface area is 174 Å². The first-order valence-electron chi connectivity index (χ1n) is 9.01. The number of carbonyl (C=O) groups is 1. The molecule has 2 aromatic rings. The molecule has 2 saturated carbocycles. The number of anilines is 1. The quantitative estimate of drug-likeness (QED) is 0.263. The van der Waals surface area contributed by atoms with E-state index >= 15 is 0 Å². The highest BCUT2D eigenvalue weighted by molar-refractivity contribution is 7.46. The number of nitrogens with zero attached hydrogens (tertiary/aromatic N) is 4. The van der Waals surface area contributed by atoms with Crippen LogP contribution in [-0.4, -0.2) is 64.8 Å². The number of imidazole rings is 1. The number of hydrogen-bond acceptors (Lipinski definition) is 9. The van der Waals surface area contributed by atoms with Crippen molar-refractivity contribution in [1.29, 1.82) is 0 Å². The molecule has 0 saturated heterocycles. The van der Waals surface area contributed by atoms with Gasteiger partial charge in [0.05, 0.1) is 19.0 Å². The molecule has 2 aromatic heterocycles. The van der Waals surface area contributed by atoms with Gasteiger partial charge >= 0.3 is 15.6 Å². The molecule has 4 atom stereocenters. The van der Waals surface area contributed by atoms with E-state index in [2.05, 4.69) is 24.8 Å². The third-order valence-electron chi connectivity index (χ3n) is 5.74. The van der Waals surface area contributed by atoms with Crippen LogP contribution in [-0.2, 0) is 18.2 Å². The van der Waals surface area contributed by atoms with Crippen LogP contribution in [0, 0.1) is 11.3 Å². The zero-order valence-electron chi connectivity index (χ0n) is 16.0. The average molecular weight is 478 g/mol. The van der Waals surface area contributed by atoms with Crippen LogP contribution in [0.1, 0.15) is 29.5 Å². The van der Waals surface area contributed by atoms with Gasteiger partial charge in [-0.1, -0.05) is 0 Å². The Morgan fingerprint density at radius 1 is 1.32 bits per heavy atom. The van der Waals surface area contributed by atoms with E-state index in [9.17, 15) is 23.7 Å². The monoisotopic (exact) mass is 478 g/mol. The van der Waals surface area contributed by atoms with Gasteiger partial charge in [-0.25, -0.2) is 24.1 Å². The molecule has 2 fully saturated rings. The highest BCUT2D eigenvalue weighted by Gasteiger charge is 2.70. The average Bonchev–Trinajstić information content (AvgIpc) is 3.11. The third-order valence-corrected chi connectivity index (χ3v) is 6.74. The SMILES string of the molecule is CNc1nc(C(N)=O)nc2c1ncn2[C@@H]1C[C@H](OP(=O)(O)O)[C@]2(COP(=O)(O)O)C[C@H]12. The van der Waals surface area contributed by atoms with Crippen molar-refractivity contribution in [3.05, 3.63) is 12.2 Å². The second kappa shape index (κ2) is 7.29. The predicted octanol–water partition coefficient (Wildman–Crippen LogP) is -0.495. The van der Waals surface area contributed by atoms with E-state index in [-0.39, 0.29) is 29.6 Å². The Morgan fingerprint density at radius 3 is 2.61 bits per heavy atom. The minimum Gasteiger partial charge on any atom is -0.371 e. The third kappa shape index (κ3) is 4.11. The van der Waals surface area contributed by atoms with E-state index < -0.39 is 45.7 Å². The highest BCUT2D eigenvalue weighted by Crippen LogP contribution is 2.71. The molecule has 2 aliphatic rings. The summed E-state index contributed by atoms with van der Waals surface area (Å²) in [6.07, 6.45) is 0.849. The molecule has 2 heterocycles. The number of phosphoric ester groups is 2. The van der Waals surface area contributed by atoms with Gasteiger partial charge in [0.2, 0.25) is 5.82 Å². The summed E-state index contributed by atoms with van der Waals surface area (Å²) in [4.78, 5) is 60.8. The molecule has 15 nitrogen and oxygen atoms in total. The van der Waals surface area contributed by atoms with E-state index in [4.69, 9.17) is 20.0 Å². The maximum atomic E-state index is 11.6. The summed E-state index contributed by atoms with van der Waals surface area (Å²) >= 11 is 0. The van der Waals surface area contributed by atoms with Crippen molar-refractivity contribution >= 4 is 38.5 Å². The van der Waals surface area contributed by atoms with Crippen molar-refractivity contribution in [2.45, 2.75) is 25.0 Å². The predicted molar refractivity (Wildman–Crippen MR) is 102 cm³/mol. The molecule has 0 aromatic carbocycles. The number of phosphoric acid groups is 2. The largest absolute Gasteiger partial charge is 0.469 e. The molecule has 0 aliphatic heterocycles. The highest BCUT2D eigenvalue weighted by atomic mass is 31.2. The molecular weight excluding hydrogens is 458 g/mol. The molecule has 0 bridgehead atoms. The first-order chi connectivity index (χ1) is 14.3. The molecule has 0 unspecified atom stereocenters. The lowest BCUT2D eigenvalue weighted by atomic mass is 10.0. The van der Waals surface area contributed by atoms with Crippen molar-refractivity contribution in [3.63, 3.8) is 0 Å². The summed E-state index contributed by atoms with van der Waals surface area (Å²) in [5.41, 5.74) is 4.93. The van der Waals surface area contributed by atoms with Crippen LogP contribution in [0.2, 0.25) is 0 Å². The van der Waals surface area contributed by atoms with Gasteiger partial charge in [-0.3, -0.25) is 13.8 Å². The summed E-state index contributed by atoms with van der Waals surface area (Å²) in [6, 6.07) is -0.442. The Balaban J connectivity index is 1.73. The normalized spacial score (nSPS) is 28.0. The number of fused-ring (bicyclic) bond motifs is 2. The summed E-state index contributed by atoms with van der Waals surface area (Å²) < 4.78 is 33.9. The molecule has 2 aliphatic carbocycles. The number of carbonyl (C=O) groups excluding carboxylic acids is 1. The fraction of sp³-hybridized carbons (Fsp3) is 0.571. The lowest BCUT2D eigenvalue weighted by Gasteiger charge is -2.24. The molecule has 1 amide bonds. The van der Waals surface area contributed by atoms with Crippen LogP contribution in [0.3, 0.4) is 0 Å². The van der Waals surface area contributed by atoms with Gasteiger partial charge in [-0.05, 0) is 18.8 Å². The lowest BCUT2D eigenvalue weighted by Crippen LogP contribution is -2.26. The molecule has 0 spiro atoms. The zero-order valence-corrected chi connectivity index (χ0v) is 17.8. The fourth-order valence-electron chi connectivity index (χ4n) is 4.39. The summed E-state index contributed by atoms with van der Waals surface area (Å²) in [7, 11) is -8.12. The van der Waals surface area contributed by atoms with E-state index in [1.165, 1.54) is 6.33 Å². The standard InChI is InChI=1S/C14H20N6O9P2/c1-16-11-9-13(19-12(18-11)10(15)21)20(5-17-9)7-2-8(29-31(25,26)27)14(3-6(7)14)4-28-30(22,23)24/h5-8H,2-4H2,1H3,(H2,15,21)(H,16,18,19)(H2,22,23,24)(H2,25,26,27)/t6-,7-,8+,14+/m1/s1. The smallest absolute Gasteiger partial charge is 0.371 e. The van der Waals surface area contributed by atoms with E-state index in [0.717, 1.165) is 0 Å². The van der Waals surface area contributed by atoms with E-state index in [0.29, 0.717) is 11.9 Å². The molecule has 17 heteroatoms. The molecule has 0 radical (unpaired) electrons. The number of nitrogens with one attached hydrogen (secondary N) is 1. The molecular formula is C14H20N6O9P2. The van der Waals surface area contributed by atoms with Gasteiger partial charge < -0.3 is 35.2 Å². The molecule has 170 valence electrons. The number of amides is 1. The van der Waals surface area contributed by atoms with Crippen LogP contribution < -0.4 is 11.1 Å². The minimum absolute atomic E-state index is 0.0938. The number of primary amides is 1. The molecule has 7 N–H and O–H groups in total. The van der Waals surface area contributed by atoms with Crippen molar-refractivity contribution in [1.82, 2.24) is 19.5 Å². The van der Waals surface area contributed by atoms with Crippen molar-refractivity contribution in [2.75, 3.05) is 19.0 Å². The molecule has 4 rings (SSSR count). The first kappa shape index (κ1) is 22.2. The van der Waals surface area contributed by atoms with Gasteiger partial charge in [0.25, 0.3) is 5.91 Å². The molecule has 31 heavy (non-hydrogen) atoms. The fourth-order valence-corrected chi connectivity index (χ4v) is 5.42. The number of aromatic nitrogens is 4. The van der Waals surface area contributed by atoms with Gasteiger partial charge in [-0.2, -0.15) is 0 Å². The number of hydrogen-bond donors (Lipinski definition) is 6. The van der Waals surface area contributed by atoms with Crippen LogP contribution in [0.5, 0.6) is 0 Å². The van der Waals surface area contributed by atoms with Gasteiger partial charge in [-0.15, -0.1) is 0 Å². The van der Waals surface area contributed by atoms with Crippen LogP contribution >= 0.6 is 15.6 Å². The topological polar surface area (TPSA) is 232 Å². The minimum atomic E-state index is -4.89. The zero-order chi connectivity index (χ0) is 22.8.